The maximum Gasteiger partial charge on any atom is 0.116 e. The molecule has 2 aromatic rings. The van der Waals surface area contributed by atoms with Crippen LogP contribution in [0.4, 0.5) is 0 Å². The first kappa shape index (κ1) is 12.6. The Labute approximate surface area is 117 Å². The second-order valence-electron chi connectivity index (χ2n) is 5.41. The number of nitrogens with zero attached hydrogens (tertiary/aromatic N) is 4. The predicted octanol–water partition coefficient (Wildman–Crippen LogP) is 3.53. The van der Waals surface area contributed by atoms with Gasteiger partial charge in [0.15, 0.2) is 0 Å². The van der Waals surface area contributed by atoms with Crippen LogP contribution in [0.1, 0.15) is 38.4 Å². The molecule has 0 aromatic carbocycles. The third-order valence-corrected chi connectivity index (χ3v) is 3.77. The average molecular weight is 277 g/mol. The molecule has 0 saturated heterocycles. The van der Waals surface area contributed by atoms with Gasteiger partial charge in [-0.15, -0.1) is 0 Å². The Morgan fingerprint density at radius 3 is 2.79 bits per heavy atom. The van der Waals surface area contributed by atoms with Crippen molar-refractivity contribution in [3.05, 3.63) is 29.4 Å². The summed E-state index contributed by atoms with van der Waals surface area (Å²) in [7, 11) is 0. The van der Waals surface area contributed by atoms with E-state index in [0.717, 1.165) is 23.6 Å². The van der Waals surface area contributed by atoms with Gasteiger partial charge >= 0.3 is 0 Å². The number of halogens is 1. The lowest BCUT2D eigenvalue weighted by atomic mass is 10.1. The Hall–Kier alpha value is -1.42. The molecule has 2 aromatic heterocycles. The quantitative estimate of drug-likeness (QED) is 0.858. The molecule has 0 aliphatic heterocycles. The third-order valence-electron chi connectivity index (χ3n) is 3.49. The van der Waals surface area contributed by atoms with Crippen molar-refractivity contribution in [2.75, 3.05) is 0 Å². The van der Waals surface area contributed by atoms with Gasteiger partial charge in [-0.05, 0) is 39.0 Å². The molecule has 0 N–H and O–H groups in total. The maximum absolute atomic E-state index is 6.21. The van der Waals surface area contributed by atoms with Crippen molar-refractivity contribution in [1.29, 1.82) is 0 Å². The summed E-state index contributed by atoms with van der Waals surface area (Å²) in [6.07, 6.45) is 8.76. The highest BCUT2D eigenvalue weighted by Gasteiger charge is 2.27. The van der Waals surface area contributed by atoms with Crippen LogP contribution >= 0.6 is 11.6 Å². The molecule has 0 unspecified atom stereocenters. The molecular weight excluding hydrogens is 260 g/mol. The van der Waals surface area contributed by atoms with Crippen LogP contribution in [0.5, 0.6) is 0 Å². The predicted molar refractivity (Wildman–Crippen MR) is 75.1 cm³/mol. The molecule has 0 atom stereocenters. The molecule has 1 saturated carbocycles. The molecule has 0 spiro atoms. The van der Waals surface area contributed by atoms with Crippen LogP contribution in [-0.4, -0.2) is 19.7 Å². The van der Waals surface area contributed by atoms with Crippen molar-refractivity contribution < 1.29 is 0 Å². The molecule has 4 nitrogen and oxygen atoms in total. The van der Waals surface area contributed by atoms with E-state index in [4.69, 9.17) is 11.6 Å². The average Bonchev–Trinajstić information content (AvgIpc) is 3.09. The van der Waals surface area contributed by atoms with E-state index in [2.05, 4.69) is 33.6 Å². The van der Waals surface area contributed by atoms with Gasteiger partial charge in [0, 0.05) is 23.5 Å². The fourth-order valence-corrected chi connectivity index (χ4v) is 2.55. The highest BCUT2D eigenvalue weighted by atomic mass is 35.5. The Bertz CT molecular complexity index is 587. The summed E-state index contributed by atoms with van der Waals surface area (Å²) in [5.41, 5.74) is 3.09. The SMILES string of the molecule is CC(C)n1ncc(-c2ncncc2Cl)c1CC1CC1. The minimum absolute atomic E-state index is 0.350. The van der Waals surface area contributed by atoms with Crippen LogP contribution in [0.15, 0.2) is 18.7 Å². The summed E-state index contributed by atoms with van der Waals surface area (Å²) in [4.78, 5) is 8.26. The molecule has 3 rings (SSSR count). The molecular formula is C14H17ClN4. The number of hydrogen-bond acceptors (Lipinski definition) is 3. The highest BCUT2D eigenvalue weighted by Crippen LogP contribution is 2.37. The Morgan fingerprint density at radius 2 is 2.16 bits per heavy atom. The lowest BCUT2D eigenvalue weighted by molar-refractivity contribution is 0.503. The summed E-state index contributed by atoms with van der Waals surface area (Å²) in [5, 5.41) is 5.10. The number of hydrogen-bond donors (Lipinski definition) is 0. The van der Waals surface area contributed by atoms with Crippen LogP contribution in [0.25, 0.3) is 11.3 Å². The van der Waals surface area contributed by atoms with Gasteiger partial charge in [-0.3, -0.25) is 4.68 Å². The van der Waals surface area contributed by atoms with Crippen LogP contribution in [0, 0.1) is 5.92 Å². The van der Waals surface area contributed by atoms with Gasteiger partial charge < -0.3 is 0 Å². The lowest BCUT2D eigenvalue weighted by Crippen LogP contribution is -2.09. The topological polar surface area (TPSA) is 43.6 Å². The zero-order valence-corrected chi connectivity index (χ0v) is 11.9. The molecule has 100 valence electrons. The third kappa shape index (κ3) is 2.50. The van der Waals surface area contributed by atoms with E-state index in [1.54, 1.807) is 6.20 Å². The summed E-state index contributed by atoms with van der Waals surface area (Å²) < 4.78 is 2.09. The van der Waals surface area contributed by atoms with Crippen molar-refractivity contribution >= 4 is 11.6 Å². The van der Waals surface area contributed by atoms with Crippen LogP contribution in [0.2, 0.25) is 5.02 Å². The number of aromatic nitrogens is 4. The standard InChI is InChI=1S/C14H17ClN4/c1-9(2)19-13(5-10-3-4-10)11(6-18-19)14-12(15)7-16-8-17-14/h6-10H,3-5H2,1-2H3. The van der Waals surface area contributed by atoms with Crippen molar-refractivity contribution in [3.8, 4) is 11.3 Å². The van der Waals surface area contributed by atoms with Crippen molar-refractivity contribution in [1.82, 2.24) is 19.7 Å². The zero-order chi connectivity index (χ0) is 13.4. The fourth-order valence-electron chi connectivity index (χ4n) is 2.34. The van der Waals surface area contributed by atoms with E-state index in [-0.39, 0.29) is 0 Å². The van der Waals surface area contributed by atoms with Crippen LogP contribution in [0.3, 0.4) is 0 Å². The molecule has 0 amide bonds. The van der Waals surface area contributed by atoms with E-state index in [0.29, 0.717) is 11.1 Å². The molecule has 5 heteroatoms. The molecule has 1 aliphatic carbocycles. The molecule has 0 bridgehead atoms. The van der Waals surface area contributed by atoms with Crippen LogP contribution < -0.4 is 0 Å². The second-order valence-corrected chi connectivity index (χ2v) is 5.82. The van der Waals surface area contributed by atoms with Gasteiger partial charge in [0.1, 0.15) is 6.33 Å². The fraction of sp³-hybridized carbons (Fsp3) is 0.500. The first-order valence-corrected chi connectivity index (χ1v) is 7.07. The normalized spacial score (nSPS) is 15.2. The smallest absolute Gasteiger partial charge is 0.116 e. The molecule has 19 heavy (non-hydrogen) atoms. The molecule has 2 heterocycles. The van der Waals surface area contributed by atoms with Crippen LogP contribution in [-0.2, 0) is 6.42 Å². The second kappa shape index (κ2) is 4.93. The van der Waals surface area contributed by atoms with Gasteiger partial charge in [0.25, 0.3) is 0 Å². The summed E-state index contributed by atoms with van der Waals surface area (Å²) in [5.74, 6) is 0.800. The van der Waals surface area contributed by atoms with Gasteiger partial charge in [-0.25, -0.2) is 9.97 Å². The summed E-state index contributed by atoms with van der Waals surface area (Å²) in [6, 6.07) is 0.350. The number of rotatable bonds is 4. The summed E-state index contributed by atoms with van der Waals surface area (Å²) in [6.45, 7) is 4.30. The Morgan fingerprint density at radius 1 is 1.37 bits per heavy atom. The Kier molecular flexibility index (Phi) is 3.27. The van der Waals surface area contributed by atoms with E-state index in [1.165, 1.54) is 24.9 Å². The Balaban J connectivity index is 2.07. The van der Waals surface area contributed by atoms with E-state index in [9.17, 15) is 0 Å². The van der Waals surface area contributed by atoms with Gasteiger partial charge in [0.2, 0.25) is 0 Å². The largest absolute Gasteiger partial charge is 0.266 e. The first-order valence-electron chi connectivity index (χ1n) is 6.69. The van der Waals surface area contributed by atoms with E-state index >= 15 is 0 Å². The van der Waals surface area contributed by atoms with E-state index in [1.807, 2.05) is 6.20 Å². The minimum atomic E-state index is 0.350. The monoisotopic (exact) mass is 276 g/mol. The van der Waals surface area contributed by atoms with Gasteiger partial charge in [-0.2, -0.15) is 5.10 Å². The first-order chi connectivity index (χ1) is 9.16. The molecule has 1 aliphatic rings. The van der Waals surface area contributed by atoms with Crippen molar-refractivity contribution in [2.24, 2.45) is 5.92 Å². The van der Waals surface area contributed by atoms with Gasteiger partial charge in [0.05, 0.1) is 16.9 Å². The minimum Gasteiger partial charge on any atom is -0.266 e. The van der Waals surface area contributed by atoms with Crippen molar-refractivity contribution in [2.45, 2.75) is 39.2 Å². The lowest BCUT2D eigenvalue weighted by Gasteiger charge is -2.12. The van der Waals surface area contributed by atoms with Gasteiger partial charge in [-0.1, -0.05) is 11.6 Å². The molecule has 1 fully saturated rings. The maximum atomic E-state index is 6.21. The van der Waals surface area contributed by atoms with Crippen molar-refractivity contribution in [3.63, 3.8) is 0 Å². The molecule has 0 radical (unpaired) electrons. The zero-order valence-electron chi connectivity index (χ0n) is 11.2. The van der Waals surface area contributed by atoms with E-state index < -0.39 is 0 Å². The summed E-state index contributed by atoms with van der Waals surface area (Å²) >= 11 is 6.21. The highest BCUT2D eigenvalue weighted by molar-refractivity contribution is 6.32.